The van der Waals surface area contributed by atoms with E-state index in [4.69, 9.17) is 0 Å². The number of nitrogens with one attached hydrogen (secondary N) is 2. The lowest BCUT2D eigenvalue weighted by Crippen LogP contribution is -2.43. The summed E-state index contributed by atoms with van der Waals surface area (Å²) in [7, 11) is 0. The molecule has 0 fully saturated rings. The minimum absolute atomic E-state index is 0.0936. The van der Waals surface area contributed by atoms with Gasteiger partial charge in [0, 0.05) is 18.2 Å². The summed E-state index contributed by atoms with van der Waals surface area (Å²) in [6.07, 6.45) is 0. The van der Waals surface area contributed by atoms with Gasteiger partial charge in [0.1, 0.15) is 0 Å². The maximum absolute atomic E-state index is 12.5. The molecule has 0 unspecified atom stereocenters. The molecule has 2 aromatic rings. The van der Waals surface area contributed by atoms with Crippen molar-refractivity contribution in [2.75, 3.05) is 18.4 Å². The highest BCUT2D eigenvalue weighted by Gasteiger charge is 2.20. The molecule has 0 aliphatic rings. The fourth-order valence-corrected chi connectivity index (χ4v) is 2.72. The van der Waals surface area contributed by atoms with Gasteiger partial charge in [0.25, 0.3) is 0 Å². The maximum Gasteiger partial charge on any atom is 0.243 e. The minimum atomic E-state index is -0.371. The second kappa shape index (κ2) is 10.3. The van der Waals surface area contributed by atoms with E-state index in [1.165, 1.54) is 4.90 Å². The maximum atomic E-state index is 12.5. The first-order chi connectivity index (χ1) is 13.3. The number of nitrogens with zero attached hydrogens (tertiary/aromatic N) is 1. The molecule has 0 saturated carbocycles. The Balaban J connectivity index is 1.89. The average Bonchev–Trinajstić information content (AvgIpc) is 2.66. The van der Waals surface area contributed by atoms with Crippen LogP contribution in [0.15, 0.2) is 54.6 Å². The van der Waals surface area contributed by atoms with E-state index < -0.39 is 0 Å². The fraction of sp³-hybridized carbons (Fsp3) is 0.318. The standard InChI is InChI=1S/C22H27N3O3/c1-16(2)22(28)25(14-18-9-5-4-6-10-18)15-21(27)23-13-20(26)24-19-11-7-8-17(3)12-19/h4-12,16H,13-15H2,1-3H3,(H,23,27)(H,24,26). The Labute approximate surface area is 165 Å². The molecule has 0 spiro atoms. The molecule has 28 heavy (non-hydrogen) atoms. The van der Waals surface area contributed by atoms with Gasteiger partial charge in [-0.25, -0.2) is 0 Å². The first-order valence-corrected chi connectivity index (χ1v) is 9.31. The summed E-state index contributed by atoms with van der Waals surface area (Å²) in [5, 5.41) is 5.32. The molecule has 0 bridgehead atoms. The topological polar surface area (TPSA) is 78.5 Å². The van der Waals surface area contributed by atoms with E-state index in [0.717, 1.165) is 11.1 Å². The Morgan fingerprint density at radius 1 is 0.964 bits per heavy atom. The van der Waals surface area contributed by atoms with Gasteiger partial charge in [-0.1, -0.05) is 56.3 Å². The van der Waals surface area contributed by atoms with Crippen molar-refractivity contribution in [2.24, 2.45) is 5.92 Å². The fourth-order valence-electron chi connectivity index (χ4n) is 2.72. The number of carbonyl (C=O) groups excluding carboxylic acids is 3. The molecule has 0 heterocycles. The molecule has 6 heteroatoms. The highest BCUT2D eigenvalue weighted by atomic mass is 16.2. The van der Waals surface area contributed by atoms with Crippen molar-refractivity contribution in [3.05, 3.63) is 65.7 Å². The molecule has 148 valence electrons. The van der Waals surface area contributed by atoms with E-state index in [1.807, 2.05) is 55.5 Å². The lowest BCUT2D eigenvalue weighted by atomic mass is 10.1. The summed E-state index contributed by atoms with van der Waals surface area (Å²) in [5.41, 5.74) is 2.66. The van der Waals surface area contributed by atoms with E-state index in [1.54, 1.807) is 19.9 Å². The third-order valence-electron chi connectivity index (χ3n) is 4.10. The van der Waals surface area contributed by atoms with Crippen LogP contribution in [0, 0.1) is 12.8 Å². The molecule has 0 aliphatic carbocycles. The van der Waals surface area contributed by atoms with Crippen molar-refractivity contribution in [2.45, 2.75) is 27.3 Å². The van der Waals surface area contributed by atoms with Crippen LogP contribution in [-0.4, -0.2) is 35.7 Å². The van der Waals surface area contributed by atoms with Gasteiger partial charge in [-0.2, -0.15) is 0 Å². The molecule has 0 aromatic heterocycles. The predicted molar refractivity (Wildman–Crippen MR) is 110 cm³/mol. The molecular weight excluding hydrogens is 354 g/mol. The van der Waals surface area contributed by atoms with Crippen LogP contribution in [0.5, 0.6) is 0 Å². The van der Waals surface area contributed by atoms with Crippen LogP contribution in [0.25, 0.3) is 0 Å². The summed E-state index contributed by atoms with van der Waals surface area (Å²) in [4.78, 5) is 38.3. The van der Waals surface area contributed by atoms with E-state index >= 15 is 0 Å². The van der Waals surface area contributed by atoms with Crippen molar-refractivity contribution in [1.29, 1.82) is 0 Å². The molecular formula is C22H27N3O3. The highest BCUT2D eigenvalue weighted by molar-refractivity contribution is 5.95. The molecule has 0 saturated heterocycles. The van der Waals surface area contributed by atoms with Crippen molar-refractivity contribution in [3.63, 3.8) is 0 Å². The third kappa shape index (κ3) is 6.87. The van der Waals surface area contributed by atoms with Gasteiger partial charge in [0.2, 0.25) is 17.7 Å². The third-order valence-corrected chi connectivity index (χ3v) is 4.10. The molecule has 0 radical (unpaired) electrons. The largest absolute Gasteiger partial charge is 0.345 e. The SMILES string of the molecule is Cc1cccc(NC(=O)CNC(=O)CN(Cc2ccccc2)C(=O)C(C)C)c1. The number of amides is 3. The second-order valence-electron chi connectivity index (χ2n) is 7.03. The van der Waals surface area contributed by atoms with Crippen molar-refractivity contribution in [1.82, 2.24) is 10.2 Å². The molecule has 2 rings (SSSR count). The van der Waals surface area contributed by atoms with Crippen LogP contribution >= 0.6 is 0 Å². The van der Waals surface area contributed by atoms with Gasteiger partial charge >= 0.3 is 0 Å². The molecule has 6 nitrogen and oxygen atoms in total. The summed E-state index contributed by atoms with van der Waals surface area (Å²) in [6.45, 7) is 5.64. The molecule has 2 N–H and O–H groups in total. The Morgan fingerprint density at radius 3 is 2.32 bits per heavy atom. The molecule has 0 atom stereocenters. The monoisotopic (exact) mass is 381 g/mol. The molecule has 0 aliphatic heterocycles. The predicted octanol–water partition coefficient (Wildman–Crippen LogP) is 2.73. The van der Waals surface area contributed by atoms with Gasteiger partial charge in [0.05, 0.1) is 13.1 Å². The average molecular weight is 381 g/mol. The minimum Gasteiger partial charge on any atom is -0.345 e. The van der Waals surface area contributed by atoms with Crippen LogP contribution < -0.4 is 10.6 Å². The van der Waals surface area contributed by atoms with Crippen molar-refractivity contribution < 1.29 is 14.4 Å². The number of hydrogen-bond donors (Lipinski definition) is 2. The van der Waals surface area contributed by atoms with Crippen LogP contribution in [0.3, 0.4) is 0 Å². The number of anilines is 1. The van der Waals surface area contributed by atoms with Gasteiger partial charge in [-0.3, -0.25) is 14.4 Å². The van der Waals surface area contributed by atoms with Gasteiger partial charge in [-0.05, 0) is 30.2 Å². The smallest absolute Gasteiger partial charge is 0.243 e. The normalized spacial score (nSPS) is 10.4. The lowest BCUT2D eigenvalue weighted by molar-refractivity contribution is -0.139. The first kappa shape index (κ1) is 21.2. The summed E-state index contributed by atoms with van der Waals surface area (Å²) in [6, 6.07) is 16.9. The Kier molecular flexibility index (Phi) is 7.75. The molecule has 3 amide bonds. The van der Waals surface area contributed by atoms with Gasteiger partial charge < -0.3 is 15.5 Å². The van der Waals surface area contributed by atoms with Crippen LogP contribution in [0.1, 0.15) is 25.0 Å². The number of benzene rings is 2. The second-order valence-corrected chi connectivity index (χ2v) is 7.03. The quantitative estimate of drug-likeness (QED) is 0.738. The zero-order valence-electron chi connectivity index (χ0n) is 16.6. The number of aryl methyl sites for hydroxylation is 1. The zero-order valence-corrected chi connectivity index (χ0v) is 16.6. The van der Waals surface area contributed by atoms with Crippen LogP contribution in [-0.2, 0) is 20.9 Å². The Bertz CT molecular complexity index is 819. The Hall–Kier alpha value is -3.15. The summed E-state index contributed by atoms with van der Waals surface area (Å²) < 4.78 is 0. The van der Waals surface area contributed by atoms with E-state index in [0.29, 0.717) is 12.2 Å². The Morgan fingerprint density at radius 2 is 1.68 bits per heavy atom. The van der Waals surface area contributed by atoms with Crippen molar-refractivity contribution >= 4 is 23.4 Å². The number of rotatable bonds is 8. The number of hydrogen-bond acceptors (Lipinski definition) is 3. The molecule has 2 aromatic carbocycles. The van der Waals surface area contributed by atoms with Crippen molar-refractivity contribution in [3.8, 4) is 0 Å². The van der Waals surface area contributed by atoms with E-state index in [2.05, 4.69) is 10.6 Å². The number of carbonyl (C=O) groups is 3. The van der Waals surface area contributed by atoms with Crippen LogP contribution in [0.2, 0.25) is 0 Å². The van der Waals surface area contributed by atoms with E-state index in [-0.39, 0.29) is 36.7 Å². The highest BCUT2D eigenvalue weighted by Crippen LogP contribution is 2.10. The summed E-state index contributed by atoms with van der Waals surface area (Å²) in [5.74, 6) is -1.02. The lowest BCUT2D eigenvalue weighted by Gasteiger charge is -2.24. The van der Waals surface area contributed by atoms with Gasteiger partial charge in [0.15, 0.2) is 0 Å². The first-order valence-electron chi connectivity index (χ1n) is 9.31. The summed E-state index contributed by atoms with van der Waals surface area (Å²) >= 11 is 0. The van der Waals surface area contributed by atoms with E-state index in [9.17, 15) is 14.4 Å². The zero-order chi connectivity index (χ0) is 20.5. The van der Waals surface area contributed by atoms with Crippen LogP contribution in [0.4, 0.5) is 5.69 Å². The van der Waals surface area contributed by atoms with Gasteiger partial charge in [-0.15, -0.1) is 0 Å².